The van der Waals surface area contributed by atoms with E-state index in [1.807, 2.05) is 13.0 Å². The van der Waals surface area contributed by atoms with Gasteiger partial charge in [-0.1, -0.05) is 132 Å². The standard InChI is InChI=1S/C41H59N3O8S/c1-5-7-8-9-10-11-12-13-14-15-16-23-28-34(6-2)41(39(48)49,52-36(46)30-51-29-35(45)42-31-40(3,4)53-44-50)37(32-24-19-17-20-25-32)43-38(47)33-26-21-18-22-27-33/h17-28,34,37H,5-16,29-31H2,1-4H3,(H,42,45)(H,43,47)(H,48,49)/t34?,37-,41+/m0/s1. The molecule has 2 amide bonds. The molecule has 0 aromatic heterocycles. The van der Waals surface area contributed by atoms with Gasteiger partial charge in [-0.3, -0.25) is 9.59 Å². The van der Waals surface area contributed by atoms with E-state index in [0.717, 1.165) is 37.6 Å². The first-order valence-electron chi connectivity index (χ1n) is 18.9. The summed E-state index contributed by atoms with van der Waals surface area (Å²) < 4.78 is 13.5. The number of amides is 2. The molecule has 0 fully saturated rings. The molecule has 53 heavy (non-hydrogen) atoms. The van der Waals surface area contributed by atoms with Gasteiger partial charge in [-0.15, -0.1) is 4.91 Å². The fourth-order valence-corrected chi connectivity index (χ4v) is 6.43. The zero-order valence-electron chi connectivity index (χ0n) is 31.8. The summed E-state index contributed by atoms with van der Waals surface area (Å²) in [5.41, 5.74) is -1.55. The fraction of sp³-hybridized carbons (Fsp3) is 0.561. The first kappa shape index (κ1) is 45.1. The minimum atomic E-state index is -2.29. The number of nitrogens with one attached hydrogen (secondary N) is 2. The van der Waals surface area contributed by atoms with E-state index in [1.54, 1.807) is 80.6 Å². The number of ether oxygens (including phenoxy) is 2. The number of hydrogen-bond donors (Lipinski definition) is 3. The van der Waals surface area contributed by atoms with Gasteiger partial charge >= 0.3 is 11.9 Å². The zero-order chi connectivity index (χ0) is 39.0. The van der Waals surface area contributed by atoms with E-state index in [0.29, 0.717) is 11.1 Å². The Balaban J connectivity index is 2.31. The van der Waals surface area contributed by atoms with E-state index in [-0.39, 0.29) is 13.0 Å². The molecular formula is C41H59N3O8S. The third kappa shape index (κ3) is 16.3. The van der Waals surface area contributed by atoms with Crippen LogP contribution >= 0.6 is 11.9 Å². The number of hydrogen-bond acceptors (Lipinski definition) is 9. The highest BCUT2D eigenvalue weighted by Gasteiger charge is 2.55. The Morgan fingerprint density at radius 1 is 0.849 bits per heavy atom. The highest BCUT2D eigenvalue weighted by molar-refractivity contribution is 7.99. The molecule has 2 aromatic rings. The number of unbranched alkanes of at least 4 members (excludes halogenated alkanes) is 10. The molecule has 3 N–H and O–H groups in total. The van der Waals surface area contributed by atoms with Gasteiger partial charge in [0, 0.05) is 34.6 Å². The summed E-state index contributed by atoms with van der Waals surface area (Å²) in [7, 11) is 0. The summed E-state index contributed by atoms with van der Waals surface area (Å²) >= 11 is 0.785. The SMILES string of the molecule is CCCCCCCCCCCCC=CC(CC)[C@](OC(=O)COCC(=O)NCC(C)(C)SN=O)(C(=O)O)[C@@H](NC(=O)c1ccccc1)c1ccccc1. The number of carbonyl (C=O) groups is 4. The van der Waals surface area contributed by atoms with Crippen LogP contribution in [-0.4, -0.2) is 59.0 Å². The molecule has 0 spiro atoms. The van der Waals surface area contributed by atoms with Crippen molar-refractivity contribution in [3.63, 3.8) is 0 Å². The molecule has 2 aromatic carbocycles. The van der Waals surface area contributed by atoms with Crippen LogP contribution in [-0.2, 0) is 23.9 Å². The van der Waals surface area contributed by atoms with Crippen LogP contribution in [0, 0.1) is 10.8 Å². The van der Waals surface area contributed by atoms with E-state index < -0.39 is 59.3 Å². The molecule has 2 rings (SSSR count). The Labute approximate surface area is 319 Å². The summed E-state index contributed by atoms with van der Waals surface area (Å²) in [5.74, 6) is -4.39. The molecule has 0 radical (unpaired) electrons. The van der Waals surface area contributed by atoms with E-state index in [9.17, 15) is 29.2 Å². The number of nitroso groups, excluding NO2 is 1. The number of carboxylic acids is 1. The lowest BCUT2D eigenvalue weighted by atomic mass is 9.75. The lowest BCUT2D eigenvalue weighted by Gasteiger charge is -2.41. The van der Waals surface area contributed by atoms with Crippen LogP contribution in [0.15, 0.2) is 77.4 Å². The van der Waals surface area contributed by atoms with Gasteiger partial charge in [-0.2, -0.15) is 0 Å². The Morgan fingerprint density at radius 3 is 2.00 bits per heavy atom. The average Bonchev–Trinajstić information content (AvgIpc) is 3.15. The largest absolute Gasteiger partial charge is 0.478 e. The Bertz CT molecular complexity index is 1420. The van der Waals surface area contributed by atoms with Crippen molar-refractivity contribution >= 4 is 35.7 Å². The third-order valence-corrected chi connectivity index (χ3v) is 9.74. The van der Waals surface area contributed by atoms with Crippen LogP contribution in [0.25, 0.3) is 0 Å². The molecular weight excluding hydrogens is 695 g/mol. The maximum absolute atomic E-state index is 13.6. The number of rotatable bonds is 28. The number of esters is 1. The van der Waals surface area contributed by atoms with Crippen LogP contribution in [0.1, 0.15) is 127 Å². The van der Waals surface area contributed by atoms with Crippen LogP contribution in [0.5, 0.6) is 0 Å². The van der Waals surface area contributed by atoms with E-state index in [1.165, 1.54) is 44.9 Å². The maximum Gasteiger partial charge on any atom is 0.351 e. The lowest BCUT2D eigenvalue weighted by molar-refractivity contribution is -0.192. The molecule has 1 unspecified atom stereocenters. The monoisotopic (exact) mass is 753 g/mol. The fourth-order valence-electron chi connectivity index (χ4n) is 6.09. The molecule has 0 bridgehead atoms. The van der Waals surface area contributed by atoms with Crippen molar-refractivity contribution < 1.29 is 33.8 Å². The number of nitrogens with zero attached hydrogens (tertiary/aromatic N) is 1. The third-order valence-electron chi connectivity index (χ3n) is 9.02. The Kier molecular flexibility index (Phi) is 21.3. The highest BCUT2D eigenvalue weighted by Crippen LogP contribution is 2.40. The van der Waals surface area contributed by atoms with E-state index in [4.69, 9.17) is 9.47 Å². The molecule has 0 saturated carbocycles. The first-order chi connectivity index (χ1) is 25.5. The van der Waals surface area contributed by atoms with Crippen molar-refractivity contribution in [2.24, 2.45) is 10.5 Å². The second-order valence-electron chi connectivity index (χ2n) is 13.9. The molecule has 3 atom stereocenters. The van der Waals surface area contributed by atoms with Crippen molar-refractivity contribution in [1.29, 1.82) is 0 Å². The molecule has 11 nitrogen and oxygen atoms in total. The zero-order valence-corrected chi connectivity index (χ0v) is 32.7. The highest BCUT2D eigenvalue weighted by atomic mass is 32.2. The Hall–Kier alpha value is -4.03. The summed E-state index contributed by atoms with van der Waals surface area (Å²) in [5, 5.41) is 16.6. The molecule has 0 aliphatic carbocycles. The van der Waals surface area contributed by atoms with Crippen LogP contribution in [0.3, 0.4) is 0 Å². The molecule has 12 heteroatoms. The van der Waals surface area contributed by atoms with Crippen molar-refractivity contribution in [3.05, 3.63) is 88.8 Å². The predicted molar refractivity (Wildman–Crippen MR) is 210 cm³/mol. The van der Waals surface area contributed by atoms with E-state index in [2.05, 4.69) is 22.1 Å². The summed E-state index contributed by atoms with van der Waals surface area (Å²) in [4.78, 5) is 63.8. The van der Waals surface area contributed by atoms with Crippen LogP contribution < -0.4 is 10.6 Å². The maximum atomic E-state index is 13.6. The van der Waals surface area contributed by atoms with Crippen molar-refractivity contribution in [1.82, 2.24) is 10.6 Å². The van der Waals surface area contributed by atoms with Gasteiger partial charge in [0.15, 0.2) is 0 Å². The van der Waals surface area contributed by atoms with Gasteiger partial charge in [-0.05, 0) is 50.8 Å². The van der Waals surface area contributed by atoms with Gasteiger partial charge < -0.3 is 25.2 Å². The number of carbonyl (C=O) groups excluding carboxylic acids is 3. The van der Waals surface area contributed by atoms with Gasteiger partial charge in [0.05, 0.1) is 4.75 Å². The molecule has 0 saturated heterocycles. The molecule has 0 aliphatic heterocycles. The summed E-state index contributed by atoms with van der Waals surface area (Å²) in [6.45, 7) is 6.40. The topological polar surface area (TPSA) is 160 Å². The number of aliphatic carboxylic acids is 1. The predicted octanol–water partition coefficient (Wildman–Crippen LogP) is 8.74. The number of allylic oxidation sites excluding steroid dienone is 1. The summed E-state index contributed by atoms with van der Waals surface area (Å²) in [6.07, 6.45) is 16.7. The summed E-state index contributed by atoms with van der Waals surface area (Å²) in [6, 6.07) is 15.7. The van der Waals surface area contributed by atoms with Crippen molar-refractivity contribution in [3.8, 4) is 0 Å². The van der Waals surface area contributed by atoms with Gasteiger partial charge in [-0.25, -0.2) is 9.59 Å². The number of carboxylic acid groups (broad SMARTS) is 1. The lowest BCUT2D eigenvalue weighted by Crippen LogP contribution is -2.59. The van der Waals surface area contributed by atoms with Gasteiger partial charge in [0.25, 0.3) is 5.91 Å². The molecule has 0 heterocycles. The first-order valence-corrected chi connectivity index (χ1v) is 19.7. The van der Waals surface area contributed by atoms with Crippen LogP contribution in [0.4, 0.5) is 0 Å². The quantitative estimate of drug-likeness (QED) is 0.0254. The second-order valence-corrected chi connectivity index (χ2v) is 15.3. The van der Waals surface area contributed by atoms with Crippen molar-refractivity contribution in [2.45, 2.75) is 121 Å². The smallest absolute Gasteiger partial charge is 0.351 e. The van der Waals surface area contributed by atoms with E-state index >= 15 is 0 Å². The van der Waals surface area contributed by atoms with Crippen molar-refractivity contribution in [2.75, 3.05) is 19.8 Å². The van der Waals surface area contributed by atoms with Gasteiger partial charge in [0.2, 0.25) is 11.5 Å². The minimum Gasteiger partial charge on any atom is -0.478 e. The Morgan fingerprint density at radius 2 is 1.43 bits per heavy atom. The minimum absolute atomic E-state index is 0.127. The normalized spacial score (nSPS) is 13.8. The molecule has 0 aliphatic rings. The second kappa shape index (κ2) is 25.1. The van der Waals surface area contributed by atoms with Gasteiger partial charge in [0.1, 0.15) is 19.3 Å². The average molecular weight is 754 g/mol. The number of benzene rings is 2. The van der Waals surface area contributed by atoms with Crippen LogP contribution in [0.2, 0.25) is 0 Å². The molecule has 292 valence electrons.